The molecule has 1 amide bonds. The van der Waals surface area contributed by atoms with Crippen molar-refractivity contribution in [3.63, 3.8) is 0 Å². The van der Waals surface area contributed by atoms with Crippen molar-refractivity contribution in [3.05, 3.63) is 42.0 Å². The van der Waals surface area contributed by atoms with Crippen molar-refractivity contribution < 1.29 is 23.7 Å². The van der Waals surface area contributed by atoms with Crippen molar-refractivity contribution in [2.24, 2.45) is 0 Å². The summed E-state index contributed by atoms with van der Waals surface area (Å²) in [6, 6.07) is 10.1. The lowest BCUT2D eigenvalue weighted by Gasteiger charge is -2.13. The lowest BCUT2D eigenvalue weighted by molar-refractivity contribution is 0.0977. The van der Waals surface area contributed by atoms with Gasteiger partial charge in [0.25, 0.3) is 5.91 Å². The van der Waals surface area contributed by atoms with Gasteiger partial charge in [0.15, 0.2) is 28.1 Å². The van der Waals surface area contributed by atoms with E-state index in [0.29, 0.717) is 34.2 Å². The Morgan fingerprint density at radius 3 is 1.92 bits per heavy atom. The molecule has 0 aromatic heterocycles. The molecule has 2 N–H and O–H groups in total. The number of hydrogen-bond acceptors (Lipinski definition) is 6. The summed E-state index contributed by atoms with van der Waals surface area (Å²) in [4.78, 5) is 12.4. The summed E-state index contributed by atoms with van der Waals surface area (Å²) in [5.74, 6) is 1.77. The summed E-state index contributed by atoms with van der Waals surface area (Å²) in [6.45, 7) is 0. The molecular formula is C18H20N2O5S. The van der Waals surface area contributed by atoms with Crippen LogP contribution in [0.4, 0.5) is 5.69 Å². The first-order chi connectivity index (χ1) is 12.5. The highest BCUT2D eigenvalue weighted by Crippen LogP contribution is 2.30. The highest BCUT2D eigenvalue weighted by atomic mass is 32.1. The number of thiocarbonyl (C=S) groups is 1. The Kier molecular flexibility index (Phi) is 6.62. The van der Waals surface area contributed by atoms with Crippen LogP contribution in [0.5, 0.6) is 23.0 Å². The van der Waals surface area contributed by atoms with E-state index in [2.05, 4.69) is 10.6 Å². The zero-order chi connectivity index (χ0) is 19.1. The lowest BCUT2D eigenvalue weighted by Crippen LogP contribution is -2.34. The van der Waals surface area contributed by atoms with Gasteiger partial charge in [-0.05, 0) is 42.5 Å². The largest absolute Gasteiger partial charge is 0.493 e. The summed E-state index contributed by atoms with van der Waals surface area (Å²) < 4.78 is 20.8. The van der Waals surface area contributed by atoms with Crippen molar-refractivity contribution in [1.29, 1.82) is 0 Å². The Morgan fingerprint density at radius 2 is 1.35 bits per heavy atom. The monoisotopic (exact) mass is 376 g/mol. The van der Waals surface area contributed by atoms with Gasteiger partial charge in [-0.25, -0.2) is 0 Å². The van der Waals surface area contributed by atoms with Crippen molar-refractivity contribution in [2.75, 3.05) is 33.8 Å². The third-order valence-electron chi connectivity index (χ3n) is 3.51. The van der Waals surface area contributed by atoms with Gasteiger partial charge in [-0.3, -0.25) is 10.1 Å². The van der Waals surface area contributed by atoms with Crippen LogP contribution in [0.25, 0.3) is 0 Å². The average Bonchev–Trinajstić information content (AvgIpc) is 2.66. The summed E-state index contributed by atoms with van der Waals surface area (Å²) >= 11 is 5.19. The molecule has 8 heteroatoms. The number of nitrogens with one attached hydrogen (secondary N) is 2. The zero-order valence-electron chi connectivity index (χ0n) is 14.9. The molecule has 2 rings (SSSR count). The molecule has 138 valence electrons. The summed E-state index contributed by atoms with van der Waals surface area (Å²) in [5.41, 5.74) is 1.04. The minimum Gasteiger partial charge on any atom is -0.493 e. The standard InChI is InChI=1S/C18H20N2O5S/c1-22-13-7-5-11(9-15(13)24-3)17(21)20-18(26)19-12-6-8-14(23-2)16(10-12)25-4/h5-10H,1-4H3,(H2,19,20,21,26). The van der Waals surface area contributed by atoms with Gasteiger partial charge in [0.2, 0.25) is 0 Å². The Balaban J connectivity index is 2.07. The van der Waals surface area contributed by atoms with Gasteiger partial charge < -0.3 is 24.3 Å². The molecule has 0 saturated carbocycles. The number of rotatable bonds is 6. The molecule has 0 atom stereocenters. The van der Waals surface area contributed by atoms with Crippen LogP contribution >= 0.6 is 12.2 Å². The van der Waals surface area contributed by atoms with Crippen LogP contribution in [0, 0.1) is 0 Å². The van der Waals surface area contributed by atoms with Gasteiger partial charge in [0, 0.05) is 17.3 Å². The topological polar surface area (TPSA) is 78.1 Å². The molecule has 0 bridgehead atoms. The molecule has 0 unspecified atom stereocenters. The Morgan fingerprint density at radius 1 is 0.808 bits per heavy atom. The van der Waals surface area contributed by atoms with Crippen LogP contribution in [-0.2, 0) is 0 Å². The molecule has 26 heavy (non-hydrogen) atoms. The fourth-order valence-electron chi connectivity index (χ4n) is 2.23. The number of carbonyl (C=O) groups is 1. The number of methoxy groups -OCH3 is 4. The summed E-state index contributed by atoms with van der Waals surface area (Å²) in [6.07, 6.45) is 0. The fourth-order valence-corrected chi connectivity index (χ4v) is 2.44. The van der Waals surface area contributed by atoms with E-state index >= 15 is 0 Å². The van der Waals surface area contributed by atoms with Gasteiger partial charge in [-0.2, -0.15) is 0 Å². The van der Waals surface area contributed by atoms with Crippen LogP contribution < -0.4 is 29.6 Å². The first kappa shape index (κ1) is 19.3. The van der Waals surface area contributed by atoms with E-state index in [-0.39, 0.29) is 11.0 Å². The smallest absolute Gasteiger partial charge is 0.257 e. The van der Waals surface area contributed by atoms with Crippen molar-refractivity contribution in [2.45, 2.75) is 0 Å². The minimum absolute atomic E-state index is 0.150. The lowest BCUT2D eigenvalue weighted by atomic mass is 10.2. The zero-order valence-corrected chi connectivity index (χ0v) is 15.7. The number of anilines is 1. The second-order valence-corrected chi connectivity index (χ2v) is 5.46. The van der Waals surface area contributed by atoms with Crippen LogP contribution in [0.15, 0.2) is 36.4 Å². The fraction of sp³-hybridized carbons (Fsp3) is 0.222. The number of amides is 1. The normalized spacial score (nSPS) is 9.85. The molecule has 2 aromatic rings. The van der Waals surface area contributed by atoms with Gasteiger partial charge in [0.1, 0.15) is 0 Å². The quantitative estimate of drug-likeness (QED) is 0.751. The number of hydrogen-bond donors (Lipinski definition) is 2. The van der Waals surface area contributed by atoms with Gasteiger partial charge in [-0.1, -0.05) is 0 Å². The number of carbonyl (C=O) groups excluding carboxylic acids is 1. The van der Waals surface area contributed by atoms with Crippen LogP contribution in [0.3, 0.4) is 0 Å². The number of benzene rings is 2. The first-order valence-corrected chi connectivity index (χ1v) is 7.99. The van der Waals surface area contributed by atoms with Crippen molar-refractivity contribution in [1.82, 2.24) is 5.32 Å². The molecule has 0 spiro atoms. The molecule has 0 aliphatic heterocycles. The number of ether oxygens (including phenoxy) is 4. The second-order valence-electron chi connectivity index (χ2n) is 5.05. The van der Waals surface area contributed by atoms with E-state index in [0.717, 1.165) is 0 Å². The van der Waals surface area contributed by atoms with Crippen LogP contribution in [-0.4, -0.2) is 39.5 Å². The van der Waals surface area contributed by atoms with E-state index in [1.54, 1.807) is 50.6 Å². The van der Waals surface area contributed by atoms with Gasteiger partial charge in [0.05, 0.1) is 28.4 Å². The Labute approximate surface area is 157 Å². The molecule has 0 heterocycles. The van der Waals surface area contributed by atoms with E-state index in [4.69, 9.17) is 31.2 Å². The van der Waals surface area contributed by atoms with Crippen LogP contribution in [0.1, 0.15) is 10.4 Å². The van der Waals surface area contributed by atoms with Gasteiger partial charge in [-0.15, -0.1) is 0 Å². The van der Waals surface area contributed by atoms with Crippen molar-refractivity contribution in [3.8, 4) is 23.0 Å². The molecule has 0 fully saturated rings. The minimum atomic E-state index is -0.371. The van der Waals surface area contributed by atoms with E-state index in [1.165, 1.54) is 14.2 Å². The highest BCUT2D eigenvalue weighted by molar-refractivity contribution is 7.80. The molecule has 2 aromatic carbocycles. The predicted octanol–water partition coefficient (Wildman–Crippen LogP) is 2.85. The summed E-state index contributed by atoms with van der Waals surface area (Å²) in [5, 5.41) is 5.69. The second kappa shape index (κ2) is 8.91. The SMILES string of the molecule is COc1ccc(NC(=S)NC(=O)c2ccc(OC)c(OC)c2)cc1OC. The maximum Gasteiger partial charge on any atom is 0.257 e. The van der Waals surface area contributed by atoms with Crippen molar-refractivity contribution >= 4 is 28.9 Å². The Hall–Kier alpha value is -3.00. The molecule has 0 saturated heterocycles. The first-order valence-electron chi connectivity index (χ1n) is 7.58. The maximum atomic E-state index is 12.4. The van der Waals surface area contributed by atoms with E-state index < -0.39 is 0 Å². The Bertz CT molecular complexity index is 810. The molecule has 0 radical (unpaired) electrons. The third kappa shape index (κ3) is 4.54. The van der Waals surface area contributed by atoms with Crippen LogP contribution in [0.2, 0.25) is 0 Å². The van der Waals surface area contributed by atoms with E-state index in [1.807, 2.05) is 0 Å². The maximum absolute atomic E-state index is 12.4. The highest BCUT2D eigenvalue weighted by Gasteiger charge is 2.13. The van der Waals surface area contributed by atoms with Gasteiger partial charge >= 0.3 is 0 Å². The molecular weight excluding hydrogens is 356 g/mol. The molecule has 7 nitrogen and oxygen atoms in total. The average molecular weight is 376 g/mol. The molecule has 0 aliphatic rings. The molecule has 0 aliphatic carbocycles. The third-order valence-corrected chi connectivity index (χ3v) is 3.72. The van der Waals surface area contributed by atoms with E-state index in [9.17, 15) is 4.79 Å². The summed E-state index contributed by atoms with van der Waals surface area (Å²) in [7, 11) is 6.13. The predicted molar refractivity (Wildman–Crippen MR) is 103 cm³/mol.